The Kier molecular flexibility index (Phi) is 5.20. The van der Waals surface area contributed by atoms with Crippen LogP contribution in [0.4, 0.5) is 0 Å². The topological polar surface area (TPSA) is 12.9 Å². The Balaban J connectivity index is 0.000000606. The SMILES string of the molecule is CC.Cc1cc(Br)cc(-c2ccccn2)c1. The zero-order valence-electron chi connectivity index (χ0n) is 9.87. The van der Waals surface area contributed by atoms with E-state index in [1.54, 1.807) is 0 Å². The van der Waals surface area contributed by atoms with Gasteiger partial charge in [-0.05, 0) is 42.8 Å². The van der Waals surface area contributed by atoms with Gasteiger partial charge in [0.25, 0.3) is 0 Å². The Morgan fingerprint density at radius 3 is 2.38 bits per heavy atom. The van der Waals surface area contributed by atoms with Gasteiger partial charge < -0.3 is 0 Å². The molecular formula is C14H16BrN. The Morgan fingerprint density at radius 2 is 1.81 bits per heavy atom. The van der Waals surface area contributed by atoms with Crippen molar-refractivity contribution in [2.45, 2.75) is 20.8 Å². The molecule has 1 aromatic heterocycles. The summed E-state index contributed by atoms with van der Waals surface area (Å²) in [5, 5.41) is 0. The summed E-state index contributed by atoms with van der Waals surface area (Å²) in [5.41, 5.74) is 3.40. The molecule has 0 radical (unpaired) electrons. The molecule has 0 spiro atoms. The Bertz CT molecular complexity index is 417. The lowest BCUT2D eigenvalue weighted by atomic mass is 10.1. The van der Waals surface area contributed by atoms with Crippen LogP contribution in [-0.4, -0.2) is 4.98 Å². The van der Waals surface area contributed by atoms with Crippen LogP contribution in [0.25, 0.3) is 11.3 Å². The minimum atomic E-state index is 1.01. The van der Waals surface area contributed by atoms with Crippen LogP contribution in [-0.2, 0) is 0 Å². The van der Waals surface area contributed by atoms with Crippen LogP contribution in [0.3, 0.4) is 0 Å². The van der Waals surface area contributed by atoms with Crippen LogP contribution in [0.5, 0.6) is 0 Å². The number of aromatic nitrogens is 1. The third-order valence-corrected chi connectivity index (χ3v) is 2.46. The van der Waals surface area contributed by atoms with E-state index < -0.39 is 0 Å². The van der Waals surface area contributed by atoms with Gasteiger partial charge in [0.05, 0.1) is 5.69 Å². The van der Waals surface area contributed by atoms with Crippen molar-refractivity contribution in [3.05, 3.63) is 52.6 Å². The number of benzene rings is 1. The molecule has 2 heteroatoms. The number of hydrogen-bond acceptors (Lipinski definition) is 1. The highest BCUT2D eigenvalue weighted by molar-refractivity contribution is 9.10. The Labute approximate surface area is 106 Å². The minimum Gasteiger partial charge on any atom is -0.256 e. The average molecular weight is 278 g/mol. The molecule has 0 aliphatic carbocycles. The van der Waals surface area contributed by atoms with E-state index in [0.717, 1.165) is 15.7 Å². The molecule has 1 aromatic carbocycles. The van der Waals surface area contributed by atoms with Crippen molar-refractivity contribution in [2.75, 3.05) is 0 Å². The number of rotatable bonds is 1. The maximum atomic E-state index is 4.31. The fourth-order valence-electron chi connectivity index (χ4n) is 1.42. The molecule has 16 heavy (non-hydrogen) atoms. The van der Waals surface area contributed by atoms with Crippen molar-refractivity contribution >= 4 is 15.9 Å². The highest BCUT2D eigenvalue weighted by Crippen LogP contribution is 2.22. The van der Waals surface area contributed by atoms with E-state index in [9.17, 15) is 0 Å². The third kappa shape index (κ3) is 3.46. The van der Waals surface area contributed by atoms with Gasteiger partial charge in [0, 0.05) is 16.2 Å². The van der Waals surface area contributed by atoms with Gasteiger partial charge in [0.1, 0.15) is 0 Å². The van der Waals surface area contributed by atoms with E-state index in [1.807, 2.05) is 38.2 Å². The zero-order valence-corrected chi connectivity index (χ0v) is 11.5. The minimum absolute atomic E-state index is 1.01. The Morgan fingerprint density at radius 1 is 1.06 bits per heavy atom. The van der Waals surface area contributed by atoms with Crippen molar-refractivity contribution in [1.29, 1.82) is 0 Å². The molecule has 0 saturated carbocycles. The van der Waals surface area contributed by atoms with Gasteiger partial charge in [-0.3, -0.25) is 4.98 Å². The molecule has 0 atom stereocenters. The normalized spacial score (nSPS) is 9.25. The maximum absolute atomic E-state index is 4.31. The fourth-order valence-corrected chi connectivity index (χ4v) is 2.03. The predicted octanol–water partition coefficient (Wildman–Crippen LogP) is 4.85. The molecule has 0 aliphatic heterocycles. The molecule has 2 aromatic rings. The first-order valence-electron chi connectivity index (χ1n) is 5.44. The molecule has 0 N–H and O–H groups in total. The van der Waals surface area contributed by atoms with Crippen molar-refractivity contribution in [2.24, 2.45) is 0 Å². The van der Waals surface area contributed by atoms with Crippen LogP contribution in [0.15, 0.2) is 47.1 Å². The van der Waals surface area contributed by atoms with Gasteiger partial charge in [-0.2, -0.15) is 0 Å². The number of pyridine rings is 1. The van der Waals surface area contributed by atoms with Crippen molar-refractivity contribution < 1.29 is 0 Å². The first-order chi connectivity index (χ1) is 7.75. The largest absolute Gasteiger partial charge is 0.256 e. The number of hydrogen-bond donors (Lipinski definition) is 0. The highest BCUT2D eigenvalue weighted by Gasteiger charge is 1.99. The lowest BCUT2D eigenvalue weighted by molar-refractivity contribution is 1.31. The van der Waals surface area contributed by atoms with Gasteiger partial charge in [-0.25, -0.2) is 0 Å². The molecular weight excluding hydrogens is 262 g/mol. The summed E-state index contributed by atoms with van der Waals surface area (Å²) < 4.78 is 1.10. The quantitative estimate of drug-likeness (QED) is 0.727. The van der Waals surface area contributed by atoms with Crippen LogP contribution in [0.2, 0.25) is 0 Å². The second-order valence-electron chi connectivity index (χ2n) is 3.23. The van der Waals surface area contributed by atoms with E-state index in [4.69, 9.17) is 0 Å². The zero-order chi connectivity index (χ0) is 12.0. The van der Waals surface area contributed by atoms with E-state index >= 15 is 0 Å². The molecule has 0 saturated heterocycles. The molecule has 0 amide bonds. The third-order valence-electron chi connectivity index (χ3n) is 2.00. The van der Waals surface area contributed by atoms with E-state index in [0.29, 0.717) is 0 Å². The van der Waals surface area contributed by atoms with Gasteiger partial charge in [0.15, 0.2) is 0 Å². The lowest BCUT2D eigenvalue weighted by Crippen LogP contribution is -1.83. The molecule has 84 valence electrons. The number of aryl methyl sites for hydroxylation is 1. The summed E-state index contributed by atoms with van der Waals surface area (Å²) in [4.78, 5) is 4.31. The van der Waals surface area contributed by atoms with E-state index in [1.165, 1.54) is 5.56 Å². The van der Waals surface area contributed by atoms with Crippen LogP contribution >= 0.6 is 15.9 Å². The summed E-state index contributed by atoms with van der Waals surface area (Å²) in [6.07, 6.45) is 1.81. The smallest absolute Gasteiger partial charge is 0.0702 e. The summed E-state index contributed by atoms with van der Waals surface area (Å²) in [6, 6.07) is 12.2. The van der Waals surface area contributed by atoms with Crippen LogP contribution in [0.1, 0.15) is 19.4 Å². The average Bonchev–Trinajstić information content (AvgIpc) is 2.32. The predicted molar refractivity (Wildman–Crippen MR) is 73.5 cm³/mol. The fraction of sp³-hybridized carbons (Fsp3) is 0.214. The number of halogens is 1. The molecule has 1 heterocycles. The maximum Gasteiger partial charge on any atom is 0.0702 e. The molecule has 0 aliphatic rings. The summed E-state index contributed by atoms with van der Waals surface area (Å²) in [7, 11) is 0. The van der Waals surface area contributed by atoms with Crippen molar-refractivity contribution in [1.82, 2.24) is 4.98 Å². The van der Waals surface area contributed by atoms with Crippen LogP contribution < -0.4 is 0 Å². The summed E-state index contributed by atoms with van der Waals surface area (Å²) >= 11 is 3.48. The molecule has 2 rings (SSSR count). The Hall–Kier alpha value is -1.15. The van der Waals surface area contributed by atoms with Crippen molar-refractivity contribution in [3.63, 3.8) is 0 Å². The monoisotopic (exact) mass is 277 g/mol. The summed E-state index contributed by atoms with van der Waals surface area (Å²) in [6.45, 7) is 6.08. The van der Waals surface area contributed by atoms with Crippen molar-refractivity contribution in [3.8, 4) is 11.3 Å². The van der Waals surface area contributed by atoms with Gasteiger partial charge in [0.2, 0.25) is 0 Å². The standard InChI is InChI=1S/C12H10BrN.C2H6/c1-9-6-10(8-11(13)7-9)12-4-2-3-5-14-12;1-2/h2-8H,1H3;1-2H3. The van der Waals surface area contributed by atoms with Gasteiger partial charge in [-0.15, -0.1) is 0 Å². The van der Waals surface area contributed by atoms with Gasteiger partial charge >= 0.3 is 0 Å². The van der Waals surface area contributed by atoms with Crippen LogP contribution in [0, 0.1) is 6.92 Å². The second-order valence-corrected chi connectivity index (χ2v) is 4.15. The molecule has 1 nitrogen and oxygen atoms in total. The highest BCUT2D eigenvalue weighted by atomic mass is 79.9. The molecule has 0 fully saturated rings. The molecule has 0 bridgehead atoms. The first kappa shape index (κ1) is 12.9. The summed E-state index contributed by atoms with van der Waals surface area (Å²) in [5.74, 6) is 0. The molecule has 0 unspecified atom stereocenters. The van der Waals surface area contributed by atoms with E-state index in [2.05, 4.69) is 46.0 Å². The van der Waals surface area contributed by atoms with E-state index in [-0.39, 0.29) is 0 Å². The lowest BCUT2D eigenvalue weighted by Gasteiger charge is -2.02. The number of nitrogens with zero attached hydrogens (tertiary/aromatic N) is 1. The van der Waals surface area contributed by atoms with Gasteiger partial charge in [-0.1, -0.05) is 35.8 Å². The second kappa shape index (κ2) is 6.44. The first-order valence-corrected chi connectivity index (χ1v) is 6.23.